The zero-order chi connectivity index (χ0) is 19.1. The molecule has 0 saturated heterocycles. The van der Waals surface area contributed by atoms with E-state index in [-0.39, 0.29) is 11.5 Å². The predicted octanol–water partition coefficient (Wildman–Crippen LogP) is 5.04. The summed E-state index contributed by atoms with van der Waals surface area (Å²) in [5.74, 6) is -2.77. The van der Waals surface area contributed by atoms with Gasteiger partial charge in [-0.15, -0.1) is 0 Å². The lowest BCUT2D eigenvalue weighted by Crippen LogP contribution is -2.12. The van der Waals surface area contributed by atoms with Crippen molar-refractivity contribution in [1.29, 1.82) is 0 Å². The summed E-state index contributed by atoms with van der Waals surface area (Å²) in [6, 6.07) is 9.15. The summed E-state index contributed by atoms with van der Waals surface area (Å²) >= 11 is 1.18. The van der Waals surface area contributed by atoms with Crippen LogP contribution >= 0.6 is 11.3 Å². The molecule has 0 aliphatic heterocycles. The molecule has 2 aromatic carbocycles. The fraction of sp³-hybridized carbons (Fsp3) is 0.0526. The number of aryl methyl sites for hydroxylation is 1. The second-order valence-corrected chi connectivity index (χ2v) is 6.86. The lowest BCUT2D eigenvalue weighted by Gasteiger charge is -2.05. The molecule has 8 heteroatoms. The zero-order valence-electron chi connectivity index (χ0n) is 14.0. The van der Waals surface area contributed by atoms with Gasteiger partial charge in [0.1, 0.15) is 10.7 Å². The summed E-state index contributed by atoms with van der Waals surface area (Å²) in [6.45, 7) is 1.76. The molecule has 4 nitrogen and oxygen atoms in total. The van der Waals surface area contributed by atoms with Gasteiger partial charge in [0.15, 0.2) is 16.6 Å². The molecule has 0 spiro atoms. The largest absolute Gasteiger partial charge is 0.321 e. The van der Waals surface area contributed by atoms with Crippen molar-refractivity contribution in [2.45, 2.75) is 6.92 Å². The average Bonchev–Trinajstić information content (AvgIpc) is 3.18. The first-order valence-electron chi connectivity index (χ1n) is 7.93. The SMILES string of the molecule is Cc1c(C(=O)Nc2ccc(F)c(F)c2)sc2nc(-c3ccc(F)cc3)cn12. The highest BCUT2D eigenvalue weighted by molar-refractivity contribution is 7.19. The van der Waals surface area contributed by atoms with Crippen LogP contribution in [-0.2, 0) is 0 Å². The third-order valence-electron chi connectivity index (χ3n) is 4.08. The molecule has 0 aliphatic rings. The van der Waals surface area contributed by atoms with Gasteiger partial charge >= 0.3 is 0 Å². The molecule has 0 bridgehead atoms. The van der Waals surface area contributed by atoms with Crippen molar-refractivity contribution in [2.75, 3.05) is 5.32 Å². The van der Waals surface area contributed by atoms with Gasteiger partial charge in [-0.1, -0.05) is 11.3 Å². The molecule has 0 radical (unpaired) electrons. The molecule has 2 aromatic heterocycles. The minimum absolute atomic E-state index is 0.163. The van der Waals surface area contributed by atoms with E-state index < -0.39 is 17.5 Å². The second-order valence-electron chi connectivity index (χ2n) is 5.89. The molecule has 0 aliphatic carbocycles. The van der Waals surface area contributed by atoms with Crippen molar-refractivity contribution in [1.82, 2.24) is 9.38 Å². The normalized spacial score (nSPS) is 11.1. The lowest BCUT2D eigenvalue weighted by atomic mass is 10.2. The number of nitrogens with one attached hydrogen (secondary N) is 1. The van der Waals surface area contributed by atoms with Crippen LogP contribution in [0.3, 0.4) is 0 Å². The summed E-state index contributed by atoms with van der Waals surface area (Å²) in [5, 5.41) is 2.55. The van der Waals surface area contributed by atoms with Crippen molar-refractivity contribution in [3.8, 4) is 11.3 Å². The Morgan fingerprint density at radius 1 is 1.07 bits per heavy atom. The van der Waals surface area contributed by atoms with E-state index in [4.69, 9.17) is 0 Å². The Balaban J connectivity index is 1.63. The van der Waals surface area contributed by atoms with Gasteiger partial charge in [-0.05, 0) is 43.3 Å². The van der Waals surface area contributed by atoms with Crippen molar-refractivity contribution < 1.29 is 18.0 Å². The van der Waals surface area contributed by atoms with Gasteiger partial charge in [0.25, 0.3) is 5.91 Å². The van der Waals surface area contributed by atoms with Crippen molar-refractivity contribution in [3.05, 3.63) is 76.7 Å². The van der Waals surface area contributed by atoms with Crippen LogP contribution in [0.25, 0.3) is 16.2 Å². The number of benzene rings is 2. The van der Waals surface area contributed by atoms with Crippen LogP contribution in [0.1, 0.15) is 15.4 Å². The van der Waals surface area contributed by atoms with Crippen LogP contribution in [0.5, 0.6) is 0 Å². The molecule has 0 atom stereocenters. The molecule has 2 heterocycles. The second kappa shape index (κ2) is 6.55. The number of halogens is 3. The summed E-state index contributed by atoms with van der Waals surface area (Å²) in [7, 11) is 0. The number of hydrogen-bond acceptors (Lipinski definition) is 3. The first-order chi connectivity index (χ1) is 12.9. The molecule has 4 aromatic rings. The number of rotatable bonds is 3. The van der Waals surface area contributed by atoms with E-state index in [0.29, 0.717) is 21.2 Å². The molecule has 0 unspecified atom stereocenters. The van der Waals surface area contributed by atoms with Crippen LogP contribution < -0.4 is 5.32 Å². The molecular formula is C19H12F3N3OS. The summed E-state index contributed by atoms with van der Waals surface area (Å²) in [4.78, 5) is 18.0. The molecule has 4 rings (SSSR count). The number of carbonyl (C=O) groups is 1. The van der Waals surface area contributed by atoms with E-state index in [1.165, 1.54) is 29.5 Å². The molecule has 136 valence electrons. The van der Waals surface area contributed by atoms with E-state index in [2.05, 4.69) is 10.3 Å². The van der Waals surface area contributed by atoms with Gasteiger partial charge in [0.05, 0.1) is 5.69 Å². The molecule has 27 heavy (non-hydrogen) atoms. The maximum Gasteiger partial charge on any atom is 0.267 e. The first kappa shape index (κ1) is 17.3. The van der Waals surface area contributed by atoms with Crippen molar-refractivity contribution >= 4 is 27.9 Å². The topological polar surface area (TPSA) is 46.4 Å². The van der Waals surface area contributed by atoms with Crippen LogP contribution in [0.4, 0.5) is 18.9 Å². The third-order valence-corrected chi connectivity index (χ3v) is 5.24. The van der Waals surface area contributed by atoms with Crippen LogP contribution in [0.15, 0.2) is 48.7 Å². The Morgan fingerprint density at radius 3 is 2.48 bits per heavy atom. The number of aromatic nitrogens is 2. The van der Waals surface area contributed by atoms with E-state index >= 15 is 0 Å². The fourth-order valence-electron chi connectivity index (χ4n) is 2.68. The summed E-state index contributed by atoms with van der Waals surface area (Å²) < 4.78 is 41.1. The molecule has 0 saturated carbocycles. The maximum atomic E-state index is 13.3. The highest BCUT2D eigenvalue weighted by Crippen LogP contribution is 2.28. The highest BCUT2D eigenvalue weighted by Gasteiger charge is 2.18. The van der Waals surface area contributed by atoms with Gasteiger partial charge in [0, 0.05) is 29.2 Å². The lowest BCUT2D eigenvalue weighted by molar-refractivity contribution is 0.102. The van der Waals surface area contributed by atoms with E-state index in [9.17, 15) is 18.0 Å². The Hall–Kier alpha value is -3.13. The number of nitrogens with zero attached hydrogens (tertiary/aromatic N) is 2. The monoisotopic (exact) mass is 387 g/mol. The number of carbonyl (C=O) groups excluding carboxylic acids is 1. The van der Waals surface area contributed by atoms with Crippen LogP contribution in [-0.4, -0.2) is 15.3 Å². The Kier molecular flexibility index (Phi) is 4.19. The Labute approximate surface area is 155 Å². The number of anilines is 1. The smallest absolute Gasteiger partial charge is 0.267 e. The van der Waals surface area contributed by atoms with Crippen molar-refractivity contribution in [2.24, 2.45) is 0 Å². The minimum Gasteiger partial charge on any atom is -0.321 e. The van der Waals surface area contributed by atoms with Gasteiger partial charge in [0.2, 0.25) is 0 Å². The average molecular weight is 387 g/mol. The standard InChI is InChI=1S/C19H12F3N3OS/c1-10-17(18(26)23-13-6-7-14(21)15(22)8-13)27-19-24-16(9-25(10)19)11-2-4-12(20)5-3-11/h2-9H,1H3,(H,23,26). The van der Waals surface area contributed by atoms with E-state index in [1.54, 1.807) is 29.7 Å². The van der Waals surface area contributed by atoms with Crippen LogP contribution in [0.2, 0.25) is 0 Å². The quantitative estimate of drug-likeness (QED) is 0.535. The number of imidazole rings is 1. The molecule has 1 N–H and O–H groups in total. The predicted molar refractivity (Wildman–Crippen MR) is 97.5 cm³/mol. The Morgan fingerprint density at radius 2 is 1.81 bits per heavy atom. The summed E-state index contributed by atoms with van der Waals surface area (Å²) in [5.41, 5.74) is 2.25. The number of amides is 1. The third kappa shape index (κ3) is 3.19. The first-order valence-corrected chi connectivity index (χ1v) is 8.75. The van der Waals surface area contributed by atoms with E-state index in [0.717, 1.165) is 17.7 Å². The number of fused-ring (bicyclic) bond motifs is 1. The summed E-state index contributed by atoms with van der Waals surface area (Å²) in [6.07, 6.45) is 1.77. The van der Waals surface area contributed by atoms with Gasteiger partial charge < -0.3 is 5.32 Å². The maximum absolute atomic E-state index is 13.3. The van der Waals surface area contributed by atoms with Crippen LogP contribution in [0, 0.1) is 24.4 Å². The molecular weight excluding hydrogens is 375 g/mol. The molecule has 0 fully saturated rings. The fourth-order valence-corrected chi connectivity index (χ4v) is 3.69. The minimum atomic E-state index is -1.03. The molecule has 1 amide bonds. The van der Waals surface area contributed by atoms with Gasteiger partial charge in [-0.2, -0.15) is 0 Å². The number of hydrogen-bond donors (Lipinski definition) is 1. The van der Waals surface area contributed by atoms with Gasteiger partial charge in [-0.3, -0.25) is 9.20 Å². The van der Waals surface area contributed by atoms with Gasteiger partial charge in [-0.25, -0.2) is 18.2 Å². The van der Waals surface area contributed by atoms with Crippen molar-refractivity contribution in [3.63, 3.8) is 0 Å². The van der Waals surface area contributed by atoms with E-state index in [1.807, 2.05) is 0 Å². The highest BCUT2D eigenvalue weighted by atomic mass is 32.1. The zero-order valence-corrected chi connectivity index (χ0v) is 14.8. The Bertz CT molecular complexity index is 1170. The number of thiazole rings is 1.